The van der Waals surface area contributed by atoms with Gasteiger partial charge >= 0.3 is 0 Å². The molecule has 1 unspecified atom stereocenters. The van der Waals surface area contributed by atoms with Crippen LogP contribution < -0.4 is 19.1 Å². The van der Waals surface area contributed by atoms with E-state index < -0.39 is 33.8 Å². The zero-order valence-corrected chi connectivity index (χ0v) is 35.3. The first kappa shape index (κ1) is 40.9. The third-order valence-electron chi connectivity index (χ3n) is 12.2. The molecule has 1 spiro atoms. The van der Waals surface area contributed by atoms with Gasteiger partial charge in [-0.2, -0.15) is 0 Å². The molecule has 0 saturated heterocycles. The number of fused-ring (bicyclic) bond motifs is 4. The molecule has 2 aliphatic heterocycles. The Bertz CT molecular complexity index is 2370. The molecule has 4 heterocycles. The molecule has 2 bridgehead atoms. The summed E-state index contributed by atoms with van der Waals surface area (Å²) in [7, 11) is 0.931. The van der Waals surface area contributed by atoms with Gasteiger partial charge in [-0.3, -0.25) is 19.0 Å². The number of nitrogens with zero attached hydrogens (tertiary/aromatic N) is 6. The van der Waals surface area contributed by atoms with Gasteiger partial charge in [0.2, 0.25) is 5.88 Å². The standard InChI is InChI=1S/C43H50ClN7O7S/c1-27-24-59(54,49-41(53)33-22-50(2)47-42(33)56-4)48-40(52)29-9-13-38-35(20-29)51(25-43(26-58-38)16-5-7-28-19-31(44)10-12-34(28)43)21-30-8-11-32(30)37(55-3)15-14-36(27)57-23-39-45-17-6-18-46-39/h6,9-10,12-15,17-20,22,27,30,32,36-37H,5,7-8,11,16,21,23-26H2,1-4H3,(H,48,49,52,53,54)/b15-14-/t27-,30+,32-,36+,37+,43+,59?/m1/s1. The summed E-state index contributed by atoms with van der Waals surface area (Å²) in [5.41, 5.74) is 3.19. The lowest BCUT2D eigenvalue weighted by molar-refractivity contribution is 0.00971. The molecule has 1 N–H and O–H groups in total. The average molecular weight is 844 g/mol. The lowest BCUT2D eigenvalue weighted by Gasteiger charge is -2.46. The number of amides is 2. The van der Waals surface area contributed by atoms with E-state index in [9.17, 15) is 9.59 Å². The summed E-state index contributed by atoms with van der Waals surface area (Å²) in [6.45, 7) is 3.75. The Hall–Kier alpha value is -4.83. The maximum absolute atomic E-state index is 15.1. The number of anilines is 1. The van der Waals surface area contributed by atoms with Gasteiger partial charge in [0.15, 0.2) is 5.82 Å². The van der Waals surface area contributed by atoms with Crippen molar-refractivity contribution in [3.8, 4) is 11.6 Å². The van der Waals surface area contributed by atoms with Crippen molar-refractivity contribution in [3.05, 3.63) is 106 Å². The zero-order valence-electron chi connectivity index (χ0n) is 33.7. The highest BCUT2D eigenvalue weighted by atomic mass is 35.5. The fourth-order valence-electron chi connectivity index (χ4n) is 9.10. The molecule has 2 aromatic carbocycles. The van der Waals surface area contributed by atoms with Crippen LogP contribution in [0.5, 0.6) is 11.6 Å². The molecule has 2 amide bonds. The molecule has 16 heteroatoms. The minimum atomic E-state index is -3.82. The molecule has 1 fully saturated rings. The minimum absolute atomic E-state index is 0.0415. The molecule has 2 aliphatic carbocycles. The van der Waals surface area contributed by atoms with Gasteiger partial charge in [-0.15, -0.1) is 9.46 Å². The van der Waals surface area contributed by atoms with Crippen LogP contribution in [0.2, 0.25) is 5.02 Å². The summed E-state index contributed by atoms with van der Waals surface area (Å²) in [6, 6.07) is 13.1. The van der Waals surface area contributed by atoms with Gasteiger partial charge < -0.3 is 23.8 Å². The molecule has 59 heavy (non-hydrogen) atoms. The number of ether oxygens (including phenoxy) is 4. The summed E-state index contributed by atoms with van der Waals surface area (Å²) in [5, 5.41) is 4.90. The first-order valence-electron chi connectivity index (χ1n) is 20.0. The maximum Gasteiger partial charge on any atom is 0.286 e. The fraction of sp³-hybridized carbons (Fsp3) is 0.465. The second-order valence-corrected chi connectivity index (χ2v) is 18.6. The van der Waals surface area contributed by atoms with Crippen molar-refractivity contribution in [3.63, 3.8) is 0 Å². The number of carbonyl (C=O) groups is 2. The van der Waals surface area contributed by atoms with E-state index in [-0.39, 0.29) is 52.7 Å². The highest BCUT2D eigenvalue weighted by Crippen LogP contribution is 2.47. The molecule has 4 aliphatic rings. The van der Waals surface area contributed by atoms with Crippen LogP contribution in [0.15, 0.2) is 77.6 Å². The predicted molar refractivity (Wildman–Crippen MR) is 223 cm³/mol. The van der Waals surface area contributed by atoms with Gasteiger partial charge in [0, 0.05) is 67.8 Å². The second kappa shape index (κ2) is 17.0. The summed E-state index contributed by atoms with van der Waals surface area (Å²) in [4.78, 5) is 39.2. The maximum atomic E-state index is 15.1. The number of benzene rings is 2. The first-order chi connectivity index (χ1) is 28.5. The minimum Gasteiger partial charge on any atom is -0.490 e. The second-order valence-electron chi connectivity index (χ2n) is 16.2. The largest absolute Gasteiger partial charge is 0.490 e. The van der Waals surface area contributed by atoms with E-state index in [0.717, 1.165) is 37.8 Å². The van der Waals surface area contributed by atoms with Crippen molar-refractivity contribution >= 4 is 39.0 Å². The molecule has 4 aromatic rings. The van der Waals surface area contributed by atoms with Crippen LogP contribution in [-0.2, 0) is 44.9 Å². The molecule has 0 radical (unpaired) electrons. The van der Waals surface area contributed by atoms with Crippen molar-refractivity contribution in [1.29, 1.82) is 0 Å². The molecule has 8 rings (SSSR count). The number of halogens is 1. The number of nitrogens with one attached hydrogen (secondary N) is 1. The fourth-order valence-corrected chi connectivity index (χ4v) is 11.2. The summed E-state index contributed by atoms with van der Waals surface area (Å²) >= 11 is 6.50. The van der Waals surface area contributed by atoms with E-state index in [4.69, 9.17) is 30.5 Å². The number of hydrogen-bond acceptors (Lipinski definition) is 11. The number of aromatic nitrogens is 4. The highest BCUT2D eigenvalue weighted by molar-refractivity contribution is 7.92. The summed E-state index contributed by atoms with van der Waals surface area (Å²) < 4.78 is 48.1. The van der Waals surface area contributed by atoms with Crippen molar-refractivity contribution in [1.82, 2.24) is 24.5 Å². The number of methoxy groups -OCH3 is 2. The third kappa shape index (κ3) is 8.61. The number of aryl methyl sites for hydroxylation is 2. The van der Waals surface area contributed by atoms with Crippen LogP contribution in [0.1, 0.15) is 70.3 Å². The van der Waals surface area contributed by atoms with Crippen molar-refractivity contribution in [2.45, 2.75) is 63.3 Å². The predicted octanol–water partition coefficient (Wildman–Crippen LogP) is 6.13. The van der Waals surface area contributed by atoms with Crippen LogP contribution in [-0.4, -0.2) is 87.6 Å². The Morgan fingerprint density at radius 1 is 1.10 bits per heavy atom. The van der Waals surface area contributed by atoms with E-state index in [0.29, 0.717) is 36.3 Å². The molecule has 7 atom stereocenters. The Labute approximate surface area is 349 Å². The molecule has 1 saturated carbocycles. The molecule has 14 nitrogen and oxygen atoms in total. The van der Waals surface area contributed by atoms with E-state index >= 15 is 4.21 Å². The van der Waals surface area contributed by atoms with E-state index in [2.05, 4.69) is 41.2 Å². The smallest absolute Gasteiger partial charge is 0.286 e. The van der Waals surface area contributed by atoms with Gasteiger partial charge in [0.05, 0.1) is 37.4 Å². The van der Waals surface area contributed by atoms with Crippen LogP contribution in [0.25, 0.3) is 0 Å². The topological polar surface area (TPSA) is 159 Å². The lowest BCUT2D eigenvalue weighted by atomic mass is 9.68. The monoisotopic (exact) mass is 843 g/mol. The Balaban J connectivity index is 1.22. The van der Waals surface area contributed by atoms with Gasteiger partial charge in [-0.1, -0.05) is 36.7 Å². The van der Waals surface area contributed by atoms with Gasteiger partial charge in [-0.05, 0) is 91.5 Å². The Kier molecular flexibility index (Phi) is 11.8. The van der Waals surface area contributed by atoms with Crippen LogP contribution in [0.4, 0.5) is 5.69 Å². The van der Waals surface area contributed by atoms with Gasteiger partial charge in [-0.25, -0.2) is 14.2 Å². The van der Waals surface area contributed by atoms with Crippen LogP contribution in [0.3, 0.4) is 0 Å². The van der Waals surface area contributed by atoms with Gasteiger partial charge in [0.1, 0.15) is 27.8 Å². The van der Waals surface area contributed by atoms with E-state index in [1.165, 1.54) is 29.1 Å². The van der Waals surface area contributed by atoms with Crippen LogP contribution >= 0.6 is 11.6 Å². The zero-order chi connectivity index (χ0) is 41.3. The third-order valence-corrected chi connectivity index (χ3v) is 14.4. The average Bonchev–Trinajstić information content (AvgIpc) is 3.53. The lowest BCUT2D eigenvalue weighted by Crippen LogP contribution is -2.49. The van der Waals surface area contributed by atoms with Crippen LogP contribution in [0, 0.1) is 17.8 Å². The Morgan fingerprint density at radius 2 is 1.92 bits per heavy atom. The van der Waals surface area contributed by atoms with E-state index in [1.807, 2.05) is 25.1 Å². The summed E-state index contributed by atoms with van der Waals surface area (Å²) in [5.74, 6) is -0.581. The number of hydrogen-bond donors (Lipinski definition) is 1. The molecule has 2 aromatic heterocycles. The number of carbonyl (C=O) groups excluding carboxylic acids is 2. The molecule has 312 valence electrons. The van der Waals surface area contributed by atoms with Crippen molar-refractivity contribution < 1.29 is 32.7 Å². The van der Waals surface area contributed by atoms with E-state index in [1.54, 1.807) is 50.8 Å². The normalized spacial score (nSPS) is 28.5. The van der Waals surface area contributed by atoms with Gasteiger partial charge in [0.25, 0.3) is 11.8 Å². The van der Waals surface area contributed by atoms with Crippen molar-refractivity contribution in [2.75, 3.05) is 44.6 Å². The Morgan fingerprint density at radius 3 is 2.68 bits per heavy atom. The highest BCUT2D eigenvalue weighted by Gasteiger charge is 2.44. The molecular formula is C43H50ClN7O7S. The molecular weight excluding hydrogens is 794 g/mol. The SMILES string of the molecule is COc1nn(C)cc1C(=O)NS1(=O)=NC(=O)c2ccc3c(c2)N(C[C@@H]2CC[C@H]2[C@@H](OC)/C=C\[C@H](OCc2ncccn2)[C@H](C)C1)C[C@@]1(CCCc2cc(Cl)ccc21)CO3. The number of rotatable bonds is 7. The summed E-state index contributed by atoms with van der Waals surface area (Å²) in [6.07, 6.45) is 12.7. The first-order valence-corrected chi connectivity index (χ1v) is 22.1. The quantitative estimate of drug-likeness (QED) is 0.213. The van der Waals surface area contributed by atoms with Crippen molar-refractivity contribution in [2.24, 2.45) is 29.2 Å².